The summed E-state index contributed by atoms with van der Waals surface area (Å²) in [6.07, 6.45) is 1.38. The summed E-state index contributed by atoms with van der Waals surface area (Å²) in [5.41, 5.74) is 1.33. The summed E-state index contributed by atoms with van der Waals surface area (Å²) in [5.74, 6) is -0.967. The third-order valence-electron chi connectivity index (χ3n) is 5.78. The van der Waals surface area contributed by atoms with Crippen molar-refractivity contribution in [2.24, 2.45) is 0 Å². The van der Waals surface area contributed by atoms with Crippen LogP contribution in [0.25, 0.3) is 0 Å². The molecule has 1 amide bonds. The Morgan fingerprint density at radius 2 is 2.09 bits per heavy atom. The van der Waals surface area contributed by atoms with E-state index in [0.717, 1.165) is 19.6 Å². The summed E-state index contributed by atoms with van der Waals surface area (Å²) in [7, 11) is 0. The molecule has 0 aliphatic carbocycles. The van der Waals surface area contributed by atoms with Crippen molar-refractivity contribution in [2.45, 2.75) is 18.0 Å². The molecule has 1 saturated heterocycles. The van der Waals surface area contributed by atoms with Crippen LogP contribution in [-0.2, 0) is 0 Å². The number of rotatable bonds is 4. The normalized spacial score (nSPS) is 18.1. The van der Waals surface area contributed by atoms with E-state index >= 15 is 0 Å². The minimum atomic E-state index is -0.579. The first-order chi connectivity index (χ1) is 16.4. The molecule has 0 bridgehead atoms. The molecular formula is C23H21ClF2N6OS. The third kappa shape index (κ3) is 4.28. The zero-order valence-electron chi connectivity index (χ0n) is 18.2. The number of carbonyl (C=O) groups is 1. The van der Waals surface area contributed by atoms with Crippen LogP contribution in [-0.4, -0.2) is 47.4 Å². The third-order valence-corrected chi connectivity index (χ3v) is 7.06. The van der Waals surface area contributed by atoms with E-state index in [1.807, 2.05) is 4.90 Å². The maximum Gasteiger partial charge on any atom is 0.263 e. The van der Waals surface area contributed by atoms with Gasteiger partial charge in [0.05, 0.1) is 27.8 Å². The van der Waals surface area contributed by atoms with Gasteiger partial charge in [0.25, 0.3) is 5.91 Å². The molecule has 3 aromatic rings. The van der Waals surface area contributed by atoms with Crippen molar-refractivity contribution in [3.63, 3.8) is 0 Å². The van der Waals surface area contributed by atoms with Gasteiger partial charge in [-0.2, -0.15) is 0 Å². The number of aromatic nitrogens is 2. The summed E-state index contributed by atoms with van der Waals surface area (Å²) in [6.45, 7) is 4.40. The van der Waals surface area contributed by atoms with Gasteiger partial charge in [-0.25, -0.2) is 18.7 Å². The maximum atomic E-state index is 14.9. The number of carbonyl (C=O) groups excluding carboxylic acids is 1. The van der Waals surface area contributed by atoms with Gasteiger partial charge in [-0.3, -0.25) is 9.69 Å². The average molecular weight is 503 g/mol. The second-order valence-electron chi connectivity index (χ2n) is 8.03. The molecule has 0 spiro atoms. The number of anilines is 4. The Balaban J connectivity index is 1.35. The molecule has 2 aromatic carbocycles. The Morgan fingerprint density at radius 1 is 1.24 bits per heavy atom. The van der Waals surface area contributed by atoms with Crippen molar-refractivity contribution in [2.75, 3.05) is 40.6 Å². The number of halogens is 3. The lowest BCUT2D eigenvalue weighted by molar-refractivity contribution is 0.0985. The van der Waals surface area contributed by atoms with E-state index in [1.54, 1.807) is 12.1 Å². The zero-order valence-corrected chi connectivity index (χ0v) is 19.8. The molecule has 0 radical (unpaired) electrons. The maximum absolute atomic E-state index is 14.9. The molecule has 5 rings (SSSR count). The molecule has 2 N–H and O–H groups in total. The van der Waals surface area contributed by atoms with Gasteiger partial charge in [0, 0.05) is 37.6 Å². The first-order valence-corrected chi connectivity index (χ1v) is 12.1. The molecule has 11 heteroatoms. The van der Waals surface area contributed by atoms with Crippen molar-refractivity contribution in [3.05, 3.63) is 64.8 Å². The van der Waals surface area contributed by atoms with Crippen LogP contribution in [0.4, 0.5) is 31.8 Å². The summed E-state index contributed by atoms with van der Waals surface area (Å²) >= 11 is 7.40. The zero-order chi connectivity index (χ0) is 23.8. The minimum Gasteiger partial charge on any atom is -0.364 e. The van der Waals surface area contributed by atoms with Crippen molar-refractivity contribution in [1.29, 1.82) is 0 Å². The van der Waals surface area contributed by atoms with E-state index in [4.69, 9.17) is 11.6 Å². The van der Waals surface area contributed by atoms with Crippen LogP contribution in [0, 0.1) is 11.6 Å². The summed E-state index contributed by atoms with van der Waals surface area (Å²) < 4.78 is 29.2. The molecule has 2 aliphatic rings. The molecule has 0 unspecified atom stereocenters. The summed E-state index contributed by atoms with van der Waals surface area (Å²) in [6, 6.07) is 9.39. The van der Waals surface area contributed by atoms with Crippen LogP contribution < -0.4 is 20.4 Å². The SMILES string of the molecule is C[C@H]1CNCCN1c1ccc(Nc2ncc3c(n2)SCN(c2c(F)cccc2Cl)C3=O)cc1F. The Kier molecular flexibility index (Phi) is 6.28. The number of hydrogen-bond donors (Lipinski definition) is 2. The van der Waals surface area contributed by atoms with Crippen LogP contribution in [0.3, 0.4) is 0 Å². The molecule has 3 heterocycles. The summed E-state index contributed by atoms with van der Waals surface area (Å²) in [4.78, 5) is 24.9. The van der Waals surface area contributed by atoms with Crippen molar-refractivity contribution >= 4 is 52.3 Å². The Bertz CT molecular complexity index is 1240. The number of para-hydroxylation sites is 1. The van der Waals surface area contributed by atoms with Gasteiger partial charge in [-0.1, -0.05) is 29.4 Å². The second kappa shape index (κ2) is 9.36. The number of thioether (sulfide) groups is 1. The predicted octanol–water partition coefficient (Wildman–Crippen LogP) is 4.66. The first kappa shape index (κ1) is 22.8. The number of benzene rings is 2. The topological polar surface area (TPSA) is 73.4 Å². The molecule has 7 nitrogen and oxygen atoms in total. The molecule has 2 aliphatic heterocycles. The highest BCUT2D eigenvalue weighted by Crippen LogP contribution is 2.37. The van der Waals surface area contributed by atoms with Gasteiger partial charge in [-0.15, -0.1) is 0 Å². The minimum absolute atomic E-state index is 0.0314. The Morgan fingerprint density at radius 3 is 2.85 bits per heavy atom. The van der Waals surface area contributed by atoms with Gasteiger partial charge in [0.2, 0.25) is 5.95 Å². The van der Waals surface area contributed by atoms with E-state index in [-0.39, 0.29) is 40.0 Å². The Labute approximate surface area is 204 Å². The number of fused-ring (bicyclic) bond motifs is 1. The number of amides is 1. The molecular weight excluding hydrogens is 482 g/mol. The van der Waals surface area contributed by atoms with Gasteiger partial charge in [0.15, 0.2) is 0 Å². The average Bonchev–Trinajstić information content (AvgIpc) is 2.81. The van der Waals surface area contributed by atoms with Gasteiger partial charge < -0.3 is 15.5 Å². The van der Waals surface area contributed by atoms with Gasteiger partial charge in [0.1, 0.15) is 16.7 Å². The largest absolute Gasteiger partial charge is 0.364 e. The highest BCUT2D eigenvalue weighted by molar-refractivity contribution is 7.99. The fraction of sp³-hybridized carbons (Fsp3) is 0.261. The van der Waals surface area contributed by atoms with Crippen molar-refractivity contribution in [3.8, 4) is 0 Å². The monoisotopic (exact) mass is 502 g/mol. The van der Waals surface area contributed by atoms with E-state index < -0.39 is 11.7 Å². The number of piperazine rings is 1. The highest BCUT2D eigenvalue weighted by Gasteiger charge is 2.31. The van der Waals surface area contributed by atoms with E-state index in [9.17, 15) is 13.6 Å². The number of nitrogens with one attached hydrogen (secondary N) is 2. The van der Waals surface area contributed by atoms with Crippen LogP contribution >= 0.6 is 23.4 Å². The van der Waals surface area contributed by atoms with E-state index in [0.29, 0.717) is 16.4 Å². The molecule has 176 valence electrons. The fourth-order valence-corrected chi connectivity index (χ4v) is 5.28. The molecule has 1 fully saturated rings. The molecule has 1 aromatic heterocycles. The van der Waals surface area contributed by atoms with Gasteiger partial charge >= 0.3 is 0 Å². The van der Waals surface area contributed by atoms with Crippen LogP contribution in [0.2, 0.25) is 5.02 Å². The molecule has 0 saturated carbocycles. The van der Waals surface area contributed by atoms with Gasteiger partial charge in [-0.05, 0) is 37.3 Å². The lowest BCUT2D eigenvalue weighted by atomic mass is 10.1. The molecule has 1 atom stereocenters. The van der Waals surface area contributed by atoms with Crippen LogP contribution in [0.5, 0.6) is 0 Å². The Hall–Kier alpha value is -2.95. The lowest BCUT2D eigenvalue weighted by Gasteiger charge is -2.36. The predicted molar refractivity (Wildman–Crippen MR) is 130 cm³/mol. The first-order valence-electron chi connectivity index (χ1n) is 10.7. The smallest absolute Gasteiger partial charge is 0.263 e. The van der Waals surface area contributed by atoms with Crippen molar-refractivity contribution < 1.29 is 13.6 Å². The van der Waals surface area contributed by atoms with Crippen LogP contribution in [0.1, 0.15) is 17.3 Å². The lowest BCUT2D eigenvalue weighted by Crippen LogP contribution is -2.50. The highest BCUT2D eigenvalue weighted by atomic mass is 35.5. The van der Waals surface area contributed by atoms with E-state index in [2.05, 4.69) is 27.5 Å². The molecule has 34 heavy (non-hydrogen) atoms. The van der Waals surface area contributed by atoms with Crippen molar-refractivity contribution in [1.82, 2.24) is 15.3 Å². The number of hydrogen-bond acceptors (Lipinski definition) is 7. The standard InChI is InChI=1S/C23H21ClF2N6OS/c1-13-10-27-7-8-31(13)19-6-5-14(9-18(19)26)29-23-28-11-15-21(30-23)34-12-32(22(15)33)20-16(24)3-2-4-17(20)25/h2-6,9,11,13,27H,7-8,10,12H2,1H3,(H,28,29,30)/t13-/m0/s1. The second-order valence-corrected chi connectivity index (χ2v) is 9.37. The van der Waals surface area contributed by atoms with E-state index in [1.165, 1.54) is 47.1 Å². The van der Waals surface area contributed by atoms with Crippen LogP contribution in [0.15, 0.2) is 47.6 Å². The summed E-state index contributed by atoms with van der Waals surface area (Å²) in [5, 5.41) is 6.90. The fourth-order valence-electron chi connectivity index (χ4n) is 4.07. The quantitative estimate of drug-likeness (QED) is 0.503. The number of nitrogens with zero attached hydrogens (tertiary/aromatic N) is 4.